The number of aryl methyl sites for hydroxylation is 1. The van der Waals surface area contributed by atoms with Crippen molar-refractivity contribution in [2.45, 2.75) is 68.9 Å². The number of alkyl halides is 1. The third-order valence-electron chi connectivity index (χ3n) is 7.66. The fraction of sp³-hybridized carbons (Fsp3) is 0.480. The fourth-order valence-corrected chi connectivity index (χ4v) is 5.68. The number of hydrogen-bond donors (Lipinski definition) is 2. The van der Waals surface area contributed by atoms with E-state index in [1.807, 2.05) is 0 Å². The molecule has 0 radical (unpaired) electrons. The molecule has 3 fully saturated rings. The molecule has 6 rings (SSSR count). The highest BCUT2D eigenvalue weighted by molar-refractivity contribution is 5.74. The molecule has 0 amide bonds. The Balaban J connectivity index is 1.30. The van der Waals surface area contributed by atoms with Gasteiger partial charge >= 0.3 is 0 Å². The highest BCUT2D eigenvalue weighted by Crippen LogP contribution is 2.39. The van der Waals surface area contributed by atoms with Crippen LogP contribution >= 0.6 is 0 Å². The maximum Gasteiger partial charge on any atom is 0.147 e. The van der Waals surface area contributed by atoms with Crippen molar-refractivity contribution in [3.63, 3.8) is 0 Å². The van der Waals surface area contributed by atoms with Crippen LogP contribution in [0.3, 0.4) is 0 Å². The van der Waals surface area contributed by atoms with Gasteiger partial charge in [-0.15, -0.1) is 0 Å². The molecule has 0 spiro atoms. The van der Waals surface area contributed by atoms with Crippen molar-refractivity contribution in [3.8, 4) is 28.1 Å². The van der Waals surface area contributed by atoms with Crippen molar-refractivity contribution >= 4 is 5.82 Å². The zero-order valence-electron chi connectivity index (χ0n) is 19.0. The van der Waals surface area contributed by atoms with Gasteiger partial charge in [0.2, 0.25) is 0 Å². The standard InChI is InChI=1S/C25H28F2N6O/c1-32-13-14(10-30-32)17-9-23(34)18(8-19(17)26)21-11-29-24(12-28-21)33(16-3-2-4-16)22-7-15-5-6-20(31-15)25(22)27/h8-13,15-16,20,22,25,31,34H,2-7H2,1H3/t15-,20+,22-,25+/m1/s1. The van der Waals surface area contributed by atoms with E-state index in [9.17, 15) is 9.50 Å². The minimum absolute atomic E-state index is 0.0862. The SMILES string of the molecule is Cn1cc(-c2cc(O)c(-c3cnc(N(C4CCC4)[C@@H]4C[C@H]5CC[C@H](N5)[C@@H]4F)cn3)cc2F)cn1. The summed E-state index contributed by atoms with van der Waals surface area (Å²) in [7, 11) is 1.75. The zero-order valence-corrected chi connectivity index (χ0v) is 19.0. The maximum absolute atomic E-state index is 15.4. The Bertz CT molecular complexity index is 1190. The Hall–Kier alpha value is -3.07. The highest BCUT2D eigenvalue weighted by Gasteiger charge is 2.47. The Morgan fingerprint density at radius 3 is 2.62 bits per heavy atom. The molecule has 4 heterocycles. The Morgan fingerprint density at radius 1 is 1.09 bits per heavy atom. The van der Waals surface area contributed by atoms with Gasteiger partial charge in [0.1, 0.15) is 23.6 Å². The predicted octanol–water partition coefficient (Wildman–Crippen LogP) is 3.98. The molecule has 2 bridgehead atoms. The van der Waals surface area contributed by atoms with Crippen molar-refractivity contribution in [3.05, 3.63) is 42.7 Å². The average molecular weight is 467 g/mol. The molecular weight excluding hydrogens is 438 g/mol. The van der Waals surface area contributed by atoms with Gasteiger partial charge in [-0.2, -0.15) is 5.10 Å². The normalized spacial score (nSPS) is 26.4. The molecule has 9 heteroatoms. The van der Waals surface area contributed by atoms with Crippen molar-refractivity contribution < 1.29 is 13.9 Å². The maximum atomic E-state index is 15.4. The number of nitrogens with zero attached hydrogens (tertiary/aromatic N) is 5. The zero-order chi connectivity index (χ0) is 23.4. The fourth-order valence-electron chi connectivity index (χ4n) is 5.68. The van der Waals surface area contributed by atoms with Crippen LogP contribution in [0.5, 0.6) is 5.75 Å². The van der Waals surface area contributed by atoms with Crippen LogP contribution in [-0.2, 0) is 7.05 Å². The van der Waals surface area contributed by atoms with Crippen LogP contribution in [-0.4, -0.2) is 55.2 Å². The molecule has 4 atom stereocenters. The van der Waals surface area contributed by atoms with Gasteiger partial charge in [0.15, 0.2) is 0 Å². The number of benzene rings is 1. The number of aromatic hydroxyl groups is 1. The van der Waals surface area contributed by atoms with Crippen molar-refractivity contribution in [2.75, 3.05) is 4.90 Å². The summed E-state index contributed by atoms with van der Waals surface area (Å²) in [6, 6.07) is 2.98. The number of phenols is 1. The molecule has 2 aliphatic heterocycles. The summed E-state index contributed by atoms with van der Waals surface area (Å²) in [6.07, 6.45) is 11.3. The van der Waals surface area contributed by atoms with E-state index in [0.717, 1.165) is 38.5 Å². The lowest BCUT2D eigenvalue weighted by molar-refractivity contribution is 0.157. The van der Waals surface area contributed by atoms with E-state index in [0.29, 0.717) is 23.1 Å². The highest BCUT2D eigenvalue weighted by atomic mass is 19.1. The Kier molecular flexibility index (Phi) is 5.24. The van der Waals surface area contributed by atoms with Gasteiger partial charge in [-0.1, -0.05) is 0 Å². The molecule has 3 aliphatic rings. The van der Waals surface area contributed by atoms with Gasteiger partial charge in [-0.25, -0.2) is 13.8 Å². The Morgan fingerprint density at radius 2 is 1.94 bits per heavy atom. The number of halogens is 2. The minimum Gasteiger partial charge on any atom is -0.507 e. The minimum atomic E-state index is -0.945. The van der Waals surface area contributed by atoms with Gasteiger partial charge in [0.25, 0.3) is 0 Å². The van der Waals surface area contributed by atoms with Gasteiger partial charge in [-0.3, -0.25) is 9.67 Å². The molecule has 2 N–H and O–H groups in total. The van der Waals surface area contributed by atoms with E-state index >= 15 is 4.39 Å². The third kappa shape index (κ3) is 3.62. The quantitative estimate of drug-likeness (QED) is 0.592. The van der Waals surface area contributed by atoms with Crippen LogP contribution in [0.2, 0.25) is 0 Å². The molecule has 0 unspecified atom stereocenters. The van der Waals surface area contributed by atoms with Crippen LogP contribution in [0.15, 0.2) is 36.9 Å². The number of aromatic nitrogens is 4. The van der Waals surface area contributed by atoms with Gasteiger partial charge in [0.05, 0.1) is 30.3 Å². The number of nitrogens with one attached hydrogen (secondary N) is 1. The molecular formula is C25H28F2N6O. The average Bonchev–Trinajstić information content (AvgIpc) is 3.41. The summed E-state index contributed by atoms with van der Waals surface area (Å²) in [6.45, 7) is 0. The first-order chi connectivity index (χ1) is 16.5. The van der Waals surface area contributed by atoms with Gasteiger partial charge < -0.3 is 15.3 Å². The van der Waals surface area contributed by atoms with Crippen LogP contribution < -0.4 is 10.2 Å². The number of fused-ring (bicyclic) bond motifs is 2. The lowest BCUT2D eigenvalue weighted by Gasteiger charge is -2.47. The van der Waals surface area contributed by atoms with E-state index in [4.69, 9.17) is 0 Å². The molecule has 1 saturated carbocycles. The molecule has 2 aromatic heterocycles. The second kappa shape index (κ2) is 8.30. The van der Waals surface area contributed by atoms with Gasteiger partial charge in [-0.05, 0) is 50.7 Å². The van der Waals surface area contributed by atoms with Crippen LogP contribution in [0, 0.1) is 5.82 Å². The van der Waals surface area contributed by atoms with Crippen LogP contribution in [0.4, 0.5) is 14.6 Å². The van der Waals surface area contributed by atoms with Crippen LogP contribution in [0.1, 0.15) is 38.5 Å². The topological polar surface area (TPSA) is 79.1 Å². The Labute approximate surface area is 196 Å². The van der Waals surface area contributed by atoms with Crippen molar-refractivity contribution in [1.29, 1.82) is 0 Å². The first-order valence-electron chi connectivity index (χ1n) is 12.0. The number of anilines is 1. The summed E-state index contributed by atoms with van der Waals surface area (Å²) in [5.41, 5.74) is 1.48. The largest absolute Gasteiger partial charge is 0.507 e. The number of phenolic OH excluding ortho intramolecular Hbond substituents is 1. The summed E-state index contributed by atoms with van der Waals surface area (Å²) in [4.78, 5) is 11.3. The summed E-state index contributed by atoms with van der Waals surface area (Å²) < 4.78 is 31.9. The molecule has 2 saturated heterocycles. The van der Waals surface area contributed by atoms with E-state index in [1.54, 1.807) is 36.5 Å². The molecule has 3 aromatic rings. The first-order valence-corrected chi connectivity index (χ1v) is 12.0. The van der Waals surface area contributed by atoms with Gasteiger partial charge in [0, 0.05) is 48.1 Å². The van der Waals surface area contributed by atoms with Crippen molar-refractivity contribution in [2.24, 2.45) is 7.05 Å². The third-order valence-corrected chi connectivity index (χ3v) is 7.66. The summed E-state index contributed by atoms with van der Waals surface area (Å²) >= 11 is 0. The molecule has 1 aromatic carbocycles. The van der Waals surface area contributed by atoms with E-state index in [-0.39, 0.29) is 35.0 Å². The molecule has 1 aliphatic carbocycles. The predicted molar refractivity (Wildman–Crippen MR) is 125 cm³/mol. The number of rotatable bonds is 5. The smallest absolute Gasteiger partial charge is 0.147 e. The van der Waals surface area contributed by atoms with Crippen LogP contribution in [0.25, 0.3) is 22.4 Å². The van der Waals surface area contributed by atoms with E-state index < -0.39 is 12.0 Å². The summed E-state index contributed by atoms with van der Waals surface area (Å²) in [5.74, 6) is 0.0828. The van der Waals surface area contributed by atoms with E-state index in [1.165, 1.54) is 12.1 Å². The lowest BCUT2D eigenvalue weighted by Crippen LogP contribution is -2.60. The molecule has 34 heavy (non-hydrogen) atoms. The monoisotopic (exact) mass is 466 g/mol. The number of piperidine rings is 1. The molecule has 178 valence electrons. The molecule has 7 nitrogen and oxygen atoms in total. The summed E-state index contributed by atoms with van der Waals surface area (Å²) in [5, 5.41) is 18.1. The number of hydrogen-bond acceptors (Lipinski definition) is 6. The second-order valence-corrected chi connectivity index (χ2v) is 9.80. The first kappa shape index (κ1) is 21.5. The van der Waals surface area contributed by atoms with Crippen molar-refractivity contribution in [1.82, 2.24) is 25.1 Å². The second-order valence-electron chi connectivity index (χ2n) is 9.80. The van der Waals surface area contributed by atoms with E-state index in [2.05, 4.69) is 25.3 Å². The lowest BCUT2D eigenvalue weighted by atomic mass is 9.87.